The van der Waals surface area contributed by atoms with Gasteiger partial charge in [-0.25, -0.2) is 0 Å². The highest BCUT2D eigenvalue weighted by molar-refractivity contribution is 9.10. The fourth-order valence-electron chi connectivity index (χ4n) is 9.22. The van der Waals surface area contributed by atoms with Gasteiger partial charge < -0.3 is 37.9 Å². The molecule has 2 saturated carbocycles. The van der Waals surface area contributed by atoms with E-state index < -0.39 is 22.4 Å². The van der Waals surface area contributed by atoms with Crippen molar-refractivity contribution in [3.8, 4) is 22.3 Å². The highest BCUT2D eigenvalue weighted by Gasteiger charge is 2.48. The van der Waals surface area contributed by atoms with E-state index in [1.165, 1.54) is 0 Å². The molecule has 0 spiro atoms. The van der Waals surface area contributed by atoms with E-state index in [1.807, 2.05) is 6.07 Å². The molecule has 0 unspecified atom stereocenters. The first-order chi connectivity index (χ1) is 29.6. The molecule has 0 bridgehead atoms. The van der Waals surface area contributed by atoms with Crippen molar-refractivity contribution < 1.29 is 37.9 Å². The van der Waals surface area contributed by atoms with Gasteiger partial charge in [-0.1, -0.05) is 128 Å². The van der Waals surface area contributed by atoms with Crippen LogP contribution in [0.15, 0.2) is 124 Å². The number of hydrogen-bond donors (Lipinski definition) is 0. The lowest BCUT2D eigenvalue weighted by molar-refractivity contribution is -0.203. The van der Waals surface area contributed by atoms with Crippen LogP contribution >= 0.6 is 43.5 Å². The van der Waals surface area contributed by atoms with Crippen molar-refractivity contribution in [3.05, 3.63) is 151 Å². The molecular formula is C50H55Br2ClO8. The Hall–Kier alpha value is -2.97. The van der Waals surface area contributed by atoms with Crippen molar-refractivity contribution in [2.75, 3.05) is 55.6 Å². The number of ether oxygens (including phenoxy) is 8. The molecule has 5 aromatic carbocycles. The summed E-state index contributed by atoms with van der Waals surface area (Å²) in [5, 5.41) is 0.680. The largest absolute Gasteiger partial charge is 0.359 e. The summed E-state index contributed by atoms with van der Waals surface area (Å²) < 4.78 is 49.7. The number of methoxy groups -OCH3 is 4. The molecule has 8 nitrogen and oxygen atoms in total. The van der Waals surface area contributed by atoms with Crippen LogP contribution in [-0.4, -0.2) is 55.6 Å². The fraction of sp³-hybridized carbons (Fsp3) is 0.400. The van der Waals surface area contributed by atoms with Crippen LogP contribution in [0.25, 0.3) is 22.3 Å². The van der Waals surface area contributed by atoms with Gasteiger partial charge in [0.05, 0.1) is 22.4 Å². The molecule has 11 heteroatoms. The van der Waals surface area contributed by atoms with Gasteiger partial charge in [-0.05, 0) is 121 Å². The lowest BCUT2D eigenvalue weighted by atomic mass is 9.70. The molecule has 0 saturated heterocycles. The number of rotatable bonds is 18. The molecular weight excluding hydrogens is 924 g/mol. The van der Waals surface area contributed by atoms with Gasteiger partial charge in [0.25, 0.3) is 0 Å². The molecule has 61 heavy (non-hydrogen) atoms. The van der Waals surface area contributed by atoms with Gasteiger partial charge in [0, 0.05) is 48.0 Å². The summed E-state index contributed by atoms with van der Waals surface area (Å²) in [4.78, 5) is 0. The van der Waals surface area contributed by atoms with E-state index in [0.29, 0.717) is 5.02 Å². The Morgan fingerprint density at radius 3 is 0.967 bits per heavy atom. The molecule has 0 atom stereocenters. The topological polar surface area (TPSA) is 73.8 Å². The summed E-state index contributed by atoms with van der Waals surface area (Å²) in [6, 6.07) is 40.3. The summed E-state index contributed by atoms with van der Waals surface area (Å²) in [5.74, 6) is 0. The van der Waals surface area contributed by atoms with E-state index in [-0.39, 0.29) is 27.2 Å². The van der Waals surface area contributed by atoms with E-state index in [4.69, 9.17) is 49.5 Å². The van der Waals surface area contributed by atoms with Crippen LogP contribution in [0.5, 0.6) is 0 Å². The van der Waals surface area contributed by atoms with Crippen LogP contribution in [0.1, 0.15) is 73.6 Å². The number of halogens is 3. The van der Waals surface area contributed by atoms with Gasteiger partial charge >= 0.3 is 0 Å². The second kappa shape index (κ2) is 20.7. The lowest BCUT2D eigenvalue weighted by Crippen LogP contribution is -2.43. The third kappa shape index (κ3) is 10.2. The van der Waals surface area contributed by atoms with Crippen molar-refractivity contribution in [2.24, 2.45) is 0 Å². The Labute approximate surface area is 382 Å². The van der Waals surface area contributed by atoms with Crippen LogP contribution in [0.3, 0.4) is 0 Å². The second-order valence-corrected chi connectivity index (χ2v) is 18.3. The molecule has 0 radical (unpaired) electrons. The molecule has 2 aliphatic carbocycles. The van der Waals surface area contributed by atoms with Crippen molar-refractivity contribution in [2.45, 2.75) is 73.8 Å². The first-order valence-corrected chi connectivity index (χ1v) is 22.6. The summed E-state index contributed by atoms with van der Waals surface area (Å²) in [7, 11) is 6.64. The highest BCUT2D eigenvalue weighted by Crippen LogP contribution is 2.52. The standard InChI is InChI=1S/C50H55Br2ClO8/c1-54-32-58-47(23-27-49(28-24-47,60-34-56-3)41-14-18-43(51)19-15-41)39-10-5-36(6-11-39)38-9-22-45(46(53)31-38)37-7-12-40(13-8-37)48(59-33-55-2)25-29-50(30-26-48,61-35-57-4)42-16-20-44(52)21-17-42/h5-22,31H,23-30,32-35H2,1-4H3. The monoisotopic (exact) mass is 976 g/mol. The lowest BCUT2D eigenvalue weighted by Gasteiger charge is -2.46. The zero-order valence-electron chi connectivity index (χ0n) is 35.4. The maximum Gasteiger partial charge on any atom is 0.147 e. The first kappa shape index (κ1) is 46.0. The van der Waals surface area contributed by atoms with E-state index >= 15 is 0 Å². The van der Waals surface area contributed by atoms with Crippen LogP contribution in [-0.2, 0) is 60.3 Å². The Kier molecular flexibility index (Phi) is 15.6. The molecule has 5 aromatic rings. The van der Waals surface area contributed by atoms with Crippen LogP contribution in [0.2, 0.25) is 5.02 Å². The first-order valence-electron chi connectivity index (χ1n) is 20.7. The van der Waals surface area contributed by atoms with E-state index in [1.54, 1.807) is 28.4 Å². The van der Waals surface area contributed by atoms with Gasteiger partial charge in [0.1, 0.15) is 27.2 Å². The van der Waals surface area contributed by atoms with E-state index in [0.717, 1.165) is 105 Å². The average molecular weight is 979 g/mol. The molecule has 0 amide bonds. The SMILES string of the molecule is COCOC1(c2ccc(Br)cc2)CCC(OCOC)(c2ccc(-c3ccc(-c4ccc(C5(OCOC)CCC(OCOC)(c6ccc(Br)cc6)CC5)cc4)c(Cl)c3)cc2)CC1. The molecule has 324 valence electrons. The number of hydrogen-bond acceptors (Lipinski definition) is 8. The van der Waals surface area contributed by atoms with Crippen molar-refractivity contribution in [1.82, 2.24) is 0 Å². The summed E-state index contributed by atoms with van der Waals surface area (Å²) in [5.41, 5.74) is 6.57. The third-order valence-corrected chi connectivity index (χ3v) is 14.1. The Bertz CT molecular complexity index is 2150. The normalized spacial score (nSPS) is 24.2. The zero-order chi connectivity index (χ0) is 42.9. The zero-order valence-corrected chi connectivity index (χ0v) is 39.3. The Morgan fingerprint density at radius 2 is 0.672 bits per heavy atom. The molecule has 2 aliphatic rings. The summed E-state index contributed by atoms with van der Waals surface area (Å²) in [6.45, 7) is 0.823. The van der Waals surface area contributed by atoms with Crippen LogP contribution in [0, 0.1) is 0 Å². The summed E-state index contributed by atoms with van der Waals surface area (Å²) in [6.07, 6.45) is 6.05. The minimum Gasteiger partial charge on any atom is -0.359 e. The van der Waals surface area contributed by atoms with Gasteiger partial charge in [-0.3, -0.25) is 0 Å². The smallest absolute Gasteiger partial charge is 0.147 e. The van der Waals surface area contributed by atoms with Gasteiger partial charge in [0.15, 0.2) is 0 Å². The van der Waals surface area contributed by atoms with Gasteiger partial charge in [-0.2, -0.15) is 0 Å². The van der Waals surface area contributed by atoms with Crippen LogP contribution in [0.4, 0.5) is 0 Å². The summed E-state index contributed by atoms with van der Waals surface area (Å²) >= 11 is 14.2. The fourth-order valence-corrected chi connectivity index (χ4v) is 10.0. The van der Waals surface area contributed by atoms with E-state index in [9.17, 15) is 0 Å². The second-order valence-electron chi connectivity index (χ2n) is 16.0. The van der Waals surface area contributed by atoms with Gasteiger partial charge in [-0.15, -0.1) is 0 Å². The molecule has 0 aromatic heterocycles. The number of benzene rings is 5. The van der Waals surface area contributed by atoms with Crippen molar-refractivity contribution >= 4 is 43.5 Å². The predicted octanol–water partition coefficient (Wildman–Crippen LogP) is 13.0. The predicted molar refractivity (Wildman–Crippen MR) is 246 cm³/mol. The van der Waals surface area contributed by atoms with Crippen molar-refractivity contribution in [3.63, 3.8) is 0 Å². The highest BCUT2D eigenvalue weighted by atomic mass is 79.9. The molecule has 7 rings (SSSR count). The minimum absolute atomic E-state index is 0.193. The Morgan fingerprint density at radius 1 is 0.393 bits per heavy atom. The molecule has 2 fully saturated rings. The quantitative estimate of drug-likeness (QED) is 0.0804. The Balaban J connectivity index is 1.07. The van der Waals surface area contributed by atoms with E-state index in [2.05, 4.69) is 141 Å². The maximum atomic E-state index is 7.07. The van der Waals surface area contributed by atoms with Gasteiger partial charge in [0.2, 0.25) is 0 Å². The van der Waals surface area contributed by atoms with Crippen LogP contribution < -0.4 is 0 Å². The molecule has 0 heterocycles. The third-order valence-electron chi connectivity index (χ3n) is 12.7. The minimum atomic E-state index is -0.533. The molecule has 0 N–H and O–H groups in total. The molecule has 0 aliphatic heterocycles. The maximum absolute atomic E-state index is 7.07. The average Bonchev–Trinajstić information content (AvgIpc) is 3.30. The van der Waals surface area contributed by atoms with Crippen molar-refractivity contribution in [1.29, 1.82) is 0 Å².